The number of nitrogens with one attached hydrogen (secondary N) is 4. The van der Waals surface area contributed by atoms with Crippen LogP contribution in [0.15, 0.2) is 61.1 Å². The zero-order valence-electron chi connectivity index (χ0n) is 21.6. The van der Waals surface area contributed by atoms with Gasteiger partial charge < -0.3 is 20.7 Å². The van der Waals surface area contributed by atoms with Gasteiger partial charge in [0.1, 0.15) is 11.9 Å². The van der Waals surface area contributed by atoms with E-state index in [-0.39, 0.29) is 23.5 Å². The van der Waals surface area contributed by atoms with Gasteiger partial charge in [-0.1, -0.05) is 18.2 Å². The van der Waals surface area contributed by atoms with Crippen LogP contribution in [0.1, 0.15) is 49.0 Å². The number of imidazole rings is 1. The molecule has 0 unspecified atom stereocenters. The van der Waals surface area contributed by atoms with E-state index in [1.165, 1.54) is 23.0 Å². The zero-order valence-corrected chi connectivity index (χ0v) is 21.6. The summed E-state index contributed by atoms with van der Waals surface area (Å²) in [5, 5.41) is 16.9. The Hall–Kier alpha value is -4.74. The molecule has 4 N–H and O–H groups in total. The van der Waals surface area contributed by atoms with Crippen LogP contribution in [0.4, 0.5) is 32.1 Å². The number of amides is 2. The number of hydrogen-bond donors (Lipinski definition) is 4. The SMILES string of the molecule is O=C(Nc1ccccc1)OC1CCC(Nc2cc(NC3CC3)c3ncc(C(=O)Nc4ccncc4F)n3n2)CC1. The maximum Gasteiger partial charge on any atom is 0.411 e. The van der Waals surface area contributed by atoms with Crippen molar-refractivity contribution in [1.82, 2.24) is 19.6 Å². The van der Waals surface area contributed by atoms with E-state index in [0.29, 0.717) is 36.0 Å². The van der Waals surface area contributed by atoms with Gasteiger partial charge in [-0.05, 0) is 56.7 Å². The van der Waals surface area contributed by atoms with E-state index >= 15 is 0 Å². The van der Waals surface area contributed by atoms with E-state index in [1.807, 2.05) is 36.4 Å². The summed E-state index contributed by atoms with van der Waals surface area (Å²) in [4.78, 5) is 33.5. The molecule has 11 nitrogen and oxygen atoms in total. The first-order valence-corrected chi connectivity index (χ1v) is 13.4. The predicted molar refractivity (Wildman–Crippen MR) is 148 cm³/mol. The van der Waals surface area contributed by atoms with Crippen molar-refractivity contribution in [1.29, 1.82) is 0 Å². The van der Waals surface area contributed by atoms with Crippen molar-refractivity contribution >= 4 is 40.5 Å². The molecule has 0 saturated heterocycles. The normalized spacial score (nSPS) is 18.6. The Morgan fingerprint density at radius 3 is 2.40 bits per heavy atom. The number of nitrogens with zero attached hydrogens (tertiary/aromatic N) is 4. The van der Waals surface area contributed by atoms with Crippen LogP contribution in [-0.4, -0.2) is 49.8 Å². The summed E-state index contributed by atoms with van der Waals surface area (Å²) in [5.74, 6) is -0.580. The van der Waals surface area contributed by atoms with Crippen molar-refractivity contribution in [2.24, 2.45) is 0 Å². The molecule has 12 heteroatoms. The molecule has 40 heavy (non-hydrogen) atoms. The Morgan fingerprint density at radius 1 is 0.900 bits per heavy atom. The first-order valence-electron chi connectivity index (χ1n) is 13.4. The molecular formula is C28H29FN8O3. The number of anilines is 4. The maximum absolute atomic E-state index is 14.1. The lowest BCUT2D eigenvalue weighted by Crippen LogP contribution is -2.32. The molecule has 2 aliphatic carbocycles. The summed E-state index contributed by atoms with van der Waals surface area (Å²) in [7, 11) is 0. The quantitative estimate of drug-likeness (QED) is 0.242. The Bertz CT molecular complexity index is 1520. The average Bonchev–Trinajstić information content (AvgIpc) is 3.66. The van der Waals surface area contributed by atoms with Crippen LogP contribution < -0.4 is 21.3 Å². The number of pyridine rings is 1. The van der Waals surface area contributed by atoms with Gasteiger partial charge in [0.2, 0.25) is 0 Å². The lowest BCUT2D eigenvalue weighted by molar-refractivity contribution is 0.0840. The minimum Gasteiger partial charge on any atom is -0.446 e. The van der Waals surface area contributed by atoms with Crippen molar-refractivity contribution in [3.63, 3.8) is 0 Å². The highest BCUT2D eigenvalue weighted by Crippen LogP contribution is 2.30. The topological polar surface area (TPSA) is 135 Å². The minimum atomic E-state index is -0.631. The fourth-order valence-corrected chi connectivity index (χ4v) is 4.76. The fraction of sp³-hybridized carbons (Fsp3) is 0.321. The summed E-state index contributed by atoms with van der Waals surface area (Å²) in [6.45, 7) is 0. The lowest BCUT2D eigenvalue weighted by atomic mass is 9.93. The molecular weight excluding hydrogens is 515 g/mol. The van der Waals surface area contributed by atoms with E-state index in [1.54, 1.807) is 0 Å². The molecule has 4 aromatic rings. The minimum absolute atomic E-state index is 0.0250. The second-order valence-corrected chi connectivity index (χ2v) is 10.1. The van der Waals surface area contributed by atoms with Crippen LogP contribution in [0, 0.1) is 5.82 Å². The summed E-state index contributed by atoms with van der Waals surface area (Å²) in [5.41, 5.74) is 2.17. The Balaban J connectivity index is 1.13. The maximum atomic E-state index is 14.1. The van der Waals surface area contributed by atoms with Crippen LogP contribution >= 0.6 is 0 Å². The van der Waals surface area contributed by atoms with Gasteiger partial charge in [-0.3, -0.25) is 15.1 Å². The molecule has 2 amide bonds. The average molecular weight is 545 g/mol. The van der Waals surface area contributed by atoms with Crippen LogP contribution in [-0.2, 0) is 4.74 Å². The first kappa shape index (κ1) is 25.5. The van der Waals surface area contributed by atoms with Gasteiger partial charge in [-0.25, -0.2) is 18.7 Å². The van der Waals surface area contributed by atoms with Crippen molar-refractivity contribution < 1.29 is 18.7 Å². The third-order valence-electron chi connectivity index (χ3n) is 6.98. The molecule has 2 aliphatic rings. The highest BCUT2D eigenvalue weighted by Gasteiger charge is 2.27. The number of carbonyl (C=O) groups excluding carboxylic acids is 2. The fourth-order valence-electron chi connectivity index (χ4n) is 4.76. The van der Waals surface area contributed by atoms with Gasteiger partial charge in [-0.2, -0.15) is 0 Å². The summed E-state index contributed by atoms with van der Waals surface area (Å²) in [6, 6.07) is 13.0. The van der Waals surface area contributed by atoms with E-state index in [9.17, 15) is 14.0 Å². The summed E-state index contributed by atoms with van der Waals surface area (Å²) < 4.78 is 21.2. The highest BCUT2D eigenvalue weighted by atomic mass is 19.1. The van der Waals surface area contributed by atoms with Crippen molar-refractivity contribution in [3.8, 4) is 0 Å². The number of ether oxygens (including phenoxy) is 1. The molecule has 0 spiro atoms. The van der Waals surface area contributed by atoms with Crippen LogP contribution in [0.25, 0.3) is 5.65 Å². The number of halogens is 1. The molecule has 6 rings (SSSR count). The monoisotopic (exact) mass is 544 g/mol. The van der Waals surface area contributed by atoms with Gasteiger partial charge >= 0.3 is 6.09 Å². The van der Waals surface area contributed by atoms with E-state index in [2.05, 4.69) is 36.3 Å². The molecule has 0 radical (unpaired) electrons. The molecule has 206 valence electrons. The Morgan fingerprint density at radius 2 is 1.65 bits per heavy atom. The summed E-state index contributed by atoms with van der Waals surface area (Å²) in [6.07, 6.45) is 8.38. The third kappa shape index (κ3) is 5.95. The molecule has 0 bridgehead atoms. The zero-order chi connectivity index (χ0) is 27.5. The second-order valence-electron chi connectivity index (χ2n) is 10.1. The second kappa shape index (κ2) is 11.2. The van der Waals surface area contributed by atoms with Crippen molar-refractivity contribution in [3.05, 3.63) is 72.6 Å². The van der Waals surface area contributed by atoms with Crippen LogP contribution in [0.5, 0.6) is 0 Å². The van der Waals surface area contributed by atoms with Gasteiger partial charge in [0.15, 0.2) is 17.2 Å². The van der Waals surface area contributed by atoms with Gasteiger partial charge in [-0.15, -0.1) is 5.10 Å². The first-order chi connectivity index (χ1) is 19.5. The van der Waals surface area contributed by atoms with Crippen LogP contribution in [0.3, 0.4) is 0 Å². The van der Waals surface area contributed by atoms with Gasteiger partial charge in [0.25, 0.3) is 5.91 Å². The van der Waals surface area contributed by atoms with E-state index in [0.717, 1.165) is 37.6 Å². The molecule has 1 aromatic carbocycles. The summed E-state index contributed by atoms with van der Waals surface area (Å²) >= 11 is 0. The standard InChI is InChI=1S/C28H29FN8O3/c29-21-15-30-13-12-22(21)35-27(38)24-16-31-26-23(32-18-6-7-18)14-25(36-37(24)26)33-19-8-10-20(11-9-19)40-28(39)34-17-4-2-1-3-5-17/h1-5,12-16,18-20,32H,6-11H2,(H,33,36)(H,34,39)(H,30,35,38). The number of fused-ring (bicyclic) bond motifs is 1. The van der Waals surface area contributed by atoms with E-state index < -0.39 is 17.8 Å². The molecule has 0 aliphatic heterocycles. The number of hydrogen-bond acceptors (Lipinski definition) is 8. The number of benzene rings is 1. The third-order valence-corrected chi connectivity index (χ3v) is 6.98. The van der Waals surface area contributed by atoms with Gasteiger partial charge in [0.05, 0.1) is 23.8 Å². The van der Waals surface area contributed by atoms with Gasteiger partial charge in [0, 0.05) is 30.0 Å². The van der Waals surface area contributed by atoms with Crippen molar-refractivity contribution in [2.45, 2.75) is 56.7 Å². The van der Waals surface area contributed by atoms with E-state index in [4.69, 9.17) is 4.74 Å². The largest absolute Gasteiger partial charge is 0.446 e. The molecule has 3 aromatic heterocycles. The molecule has 2 saturated carbocycles. The lowest BCUT2D eigenvalue weighted by Gasteiger charge is -2.29. The van der Waals surface area contributed by atoms with Crippen LogP contribution in [0.2, 0.25) is 0 Å². The Kier molecular flexibility index (Phi) is 7.13. The molecule has 0 atom stereocenters. The number of aromatic nitrogens is 4. The smallest absolute Gasteiger partial charge is 0.411 e. The Labute approximate surface area is 229 Å². The number of rotatable bonds is 8. The molecule has 2 fully saturated rings. The predicted octanol–water partition coefficient (Wildman–Crippen LogP) is 5.06. The highest BCUT2D eigenvalue weighted by molar-refractivity contribution is 6.03. The molecule has 3 heterocycles. The number of carbonyl (C=O) groups is 2. The van der Waals surface area contributed by atoms with Crippen molar-refractivity contribution in [2.75, 3.05) is 21.3 Å². The number of para-hydroxylation sites is 1.